The van der Waals surface area contributed by atoms with Gasteiger partial charge in [-0.05, 0) is 59.3 Å². The maximum atomic E-state index is 12.5. The zero-order valence-electron chi connectivity index (χ0n) is 17.4. The van der Waals surface area contributed by atoms with Gasteiger partial charge >= 0.3 is 11.9 Å². The molecule has 2 atom stereocenters. The third-order valence-electron chi connectivity index (χ3n) is 5.29. The van der Waals surface area contributed by atoms with Crippen molar-refractivity contribution in [3.8, 4) is 0 Å². The van der Waals surface area contributed by atoms with Crippen LogP contribution in [0.3, 0.4) is 0 Å². The summed E-state index contributed by atoms with van der Waals surface area (Å²) in [6.45, 7) is 6.92. The lowest BCUT2D eigenvalue weighted by atomic mass is 9.87. The van der Waals surface area contributed by atoms with E-state index in [4.69, 9.17) is 18.9 Å². The smallest absolute Gasteiger partial charge is 0.351 e. The van der Waals surface area contributed by atoms with Crippen molar-refractivity contribution in [2.75, 3.05) is 27.4 Å². The fourth-order valence-corrected chi connectivity index (χ4v) is 3.94. The van der Waals surface area contributed by atoms with Gasteiger partial charge in [0.05, 0.1) is 25.7 Å². The zero-order valence-corrected chi connectivity index (χ0v) is 17.4. The molecule has 1 saturated carbocycles. The molecule has 1 unspecified atom stereocenters. The van der Waals surface area contributed by atoms with Crippen LogP contribution in [0.15, 0.2) is 0 Å². The van der Waals surface area contributed by atoms with Crippen molar-refractivity contribution in [2.45, 2.75) is 83.3 Å². The van der Waals surface area contributed by atoms with Crippen molar-refractivity contribution in [1.29, 1.82) is 0 Å². The molecule has 2 aliphatic rings. The van der Waals surface area contributed by atoms with Gasteiger partial charge in [-0.1, -0.05) is 0 Å². The molecule has 7 heteroatoms. The van der Waals surface area contributed by atoms with E-state index in [0.29, 0.717) is 6.61 Å². The van der Waals surface area contributed by atoms with E-state index in [1.807, 2.05) is 25.7 Å². The van der Waals surface area contributed by atoms with E-state index in [2.05, 4.69) is 0 Å². The highest BCUT2D eigenvalue weighted by Gasteiger charge is 2.38. The fourth-order valence-electron chi connectivity index (χ4n) is 3.94. The maximum Gasteiger partial charge on any atom is 0.351 e. The molecule has 0 bridgehead atoms. The van der Waals surface area contributed by atoms with Gasteiger partial charge < -0.3 is 18.9 Å². The van der Waals surface area contributed by atoms with Crippen LogP contribution in [0.2, 0.25) is 0 Å². The van der Waals surface area contributed by atoms with Crippen molar-refractivity contribution in [1.82, 2.24) is 4.90 Å². The van der Waals surface area contributed by atoms with Gasteiger partial charge in [0, 0.05) is 19.7 Å². The molecule has 0 spiro atoms. The van der Waals surface area contributed by atoms with Gasteiger partial charge in [0.1, 0.15) is 5.60 Å². The van der Waals surface area contributed by atoms with Crippen LogP contribution in [-0.2, 0) is 28.5 Å². The quantitative estimate of drug-likeness (QED) is 0.623. The zero-order chi connectivity index (χ0) is 20.0. The summed E-state index contributed by atoms with van der Waals surface area (Å²) < 4.78 is 21.9. The van der Waals surface area contributed by atoms with Crippen molar-refractivity contribution in [3.63, 3.8) is 0 Å². The Balaban J connectivity index is 1.83. The first-order chi connectivity index (χ1) is 12.7. The van der Waals surface area contributed by atoms with Crippen molar-refractivity contribution in [2.24, 2.45) is 5.92 Å². The number of carbonyl (C=O) groups is 2. The summed E-state index contributed by atoms with van der Waals surface area (Å²) in [5, 5.41) is 0. The number of hydrogen-bond donors (Lipinski definition) is 0. The van der Waals surface area contributed by atoms with Gasteiger partial charge in [0.15, 0.2) is 0 Å². The predicted molar refractivity (Wildman–Crippen MR) is 100 cm³/mol. The largest absolute Gasteiger partial charge is 0.469 e. The van der Waals surface area contributed by atoms with E-state index in [-0.39, 0.29) is 30.0 Å². The first-order valence-corrected chi connectivity index (χ1v) is 9.96. The van der Waals surface area contributed by atoms with Crippen molar-refractivity contribution < 1.29 is 28.5 Å². The lowest BCUT2D eigenvalue weighted by Gasteiger charge is -2.34. The molecule has 0 aromatic heterocycles. The van der Waals surface area contributed by atoms with Gasteiger partial charge in [-0.25, -0.2) is 4.79 Å². The van der Waals surface area contributed by atoms with E-state index < -0.39 is 11.8 Å². The molecule has 1 aliphatic heterocycles. The summed E-state index contributed by atoms with van der Waals surface area (Å²) >= 11 is 0. The minimum Gasteiger partial charge on any atom is -0.469 e. The van der Waals surface area contributed by atoms with Crippen molar-refractivity contribution >= 4 is 11.9 Å². The summed E-state index contributed by atoms with van der Waals surface area (Å²) in [6, 6.07) is 0.140. The Bertz CT molecular complexity index is 495. The van der Waals surface area contributed by atoms with E-state index in [9.17, 15) is 9.59 Å². The molecule has 156 valence electrons. The Morgan fingerprint density at radius 2 is 1.74 bits per heavy atom. The standard InChI is InChI=1S/C20H35NO6/c1-20(2,3)27-19(23)17(24-4)21-12-6-7-15(21)13-26-16-10-8-14(9-11-16)18(22)25-5/h14-17H,6-13H2,1-5H3/t14?,15-,16?,17?/m0/s1. The van der Waals surface area contributed by atoms with E-state index in [1.165, 1.54) is 7.11 Å². The number of carbonyl (C=O) groups excluding carboxylic acids is 2. The lowest BCUT2D eigenvalue weighted by Crippen LogP contribution is -2.49. The molecule has 0 aromatic rings. The van der Waals surface area contributed by atoms with Gasteiger partial charge in [0.2, 0.25) is 6.23 Å². The highest BCUT2D eigenvalue weighted by atomic mass is 16.6. The van der Waals surface area contributed by atoms with E-state index in [1.54, 1.807) is 7.11 Å². The summed E-state index contributed by atoms with van der Waals surface area (Å²) in [4.78, 5) is 26.2. The molecule has 2 fully saturated rings. The van der Waals surface area contributed by atoms with E-state index >= 15 is 0 Å². The average molecular weight is 386 g/mol. The number of nitrogens with zero attached hydrogens (tertiary/aromatic N) is 1. The predicted octanol–water partition coefficient (Wildman–Crippen LogP) is 2.51. The Morgan fingerprint density at radius 1 is 1.07 bits per heavy atom. The molecule has 27 heavy (non-hydrogen) atoms. The van der Waals surface area contributed by atoms with Crippen LogP contribution >= 0.6 is 0 Å². The highest BCUT2D eigenvalue weighted by molar-refractivity contribution is 5.74. The highest BCUT2D eigenvalue weighted by Crippen LogP contribution is 2.29. The van der Waals surface area contributed by atoms with Crippen LogP contribution < -0.4 is 0 Å². The summed E-state index contributed by atoms with van der Waals surface area (Å²) in [7, 11) is 2.98. The van der Waals surface area contributed by atoms with Gasteiger partial charge in [-0.2, -0.15) is 0 Å². The Kier molecular flexibility index (Phi) is 8.06. The minimum atomic E-state index is -0.699. The third kappa shape index (κ3) is 6.43. The molecule has 1 saturated heterocycles. The number of rotatable bonds is 7. The molecule has 0 N–H and O–H groups in total. The lowest BCUT2D eigenvalue weighted by molar-refractivity contribution is -0.181. The number of hydrogen-bond acceptors (Lipinski definition) is 7. The Hall–Kier alpha value is -1.18. The van der Waals surface area contributed by atoms with Crippen LogP contribution in [-0.4, -0.2) is 68.2 Å². The summed E-state index contributed by atoms with van der Waals surface area (Å²) in [5.74, 6) is -0.464. The topological polar surface area (TPSA) is 74.3 Å². The first-order valence-electron chi connectivity index (χ1n) is 9.96. The molecule has 1 heterocycles. The first kappa shape index (κ1) is 22.1. The second-order valence-corrected chi connectivity index (χ2v) is 8.49. The number of esters is 2. The Labute approximate surface area is 162 Å². The summed E-state index contributed by atoms with van der Waals surface area (Å²) in [6.07, 6.45) is 4.80. The van der Waals surface area contributed by atoms with Gasteiger partial charge in [0.25, 0.3) is 0 Å². The van der Waals surface area contributed by atoms with Crippen LogP contribution in [0.4, 0.5) is 0 Å². The van der Waals surface area contributed by atoms with Crippen LogP contribution in [0, 0.1) is 5.92 Å². The average Bonchev–Trinajstić information content (AvgIpc) is 3.07. The monoisotopic (exact) mass is 385 g/mol. The number of ether oxygens (including phenoxy) is 4. The molecule has 0 amide bonds. The van der Waals surface area contributed by atoms with Crippen LogP contribution in [0.1, 0.15) is 59.3 Å². The molecular formula is C20H35NO6. The summed E-state index contributed by atoms with van der Waals surface area (Å²) in [5.41, 5.74) is -0.544. The minimum absolute atomic E-state index is 0.00266. The molecule has 0 radical (unpaired) electrons. The molecular weight excluding hydrogens is 350 g/mol. The third-order valence-corrected chi connectivity index (χ3v) is 5.29. The number of methoxy groups -OCH3 is 2. The fraction of sp³-hybridized carbons (Fsp3) is 0.900. The molecule has 7 nitrogen and oxygen atoms in total. The molecule has 1 aliphatic carbocycles. The van der Waals surface area contributed by atoms with Crippen LogP contribution in [0.25, 0.3) is 0 Å². The van der Waals surface area contributed by atoms with Crippen LogP contribution in [0.5, 0.6) is 0 Å². The second-order valence-electron chi connectivity index (χ2n) is 8.49. The normalized spacial score (nSPS) is 28.0. The van der Waals surface area contributed by atoms with E-state index in [0.717, 1.165) is 45.1 Å². The molecule has 2 rings (SSSR count). The van der Waals surface area contributed by atoms with Crippen molar-refractivity contribution in [3.05, 3.63) is 0 Å². The van der Waals surface area contributed by atoms with Gasteiger partial charge in [-0.15, -0.1) is 0 Å². The Morgan fingerprint density at radius 3 is 2.30 bits per heavy atom. The number of likely N-dealkylation sites (tertiary alicyclic amines) is 1. The molecule has 0 aromatic carbocycles. The maximum absolute atomic E-state index is 12.5. The van der Waals surface area contributed by atoms with Gasteiger partial charge in [-0.3, -0.25) is 9.69 Å². The second kappa shape index (κ2) is 9.85. The SMILES string of the molecule is COC(=O)C1CCC(OC[C@@H]2CCCN2C(OC)C(=O)OC(C)(C)C)CC1.